The molecule has 0 aliphatic carbocycles. The van der Waals surface area contributed by atoms with E-state index in [2.05, 4.69) is 13.8 Å². The predicted octanol–water partition coefficient (Wildman–Crippen LogP) is 3.22. The van der Waals surface area contributed by atoms with E-state index in [0.717, 1.165) is 36.5 Å². The number of nitrogen functional groups attached to an aromatic ring is 1. The van der Waals surface area contributed by atoms with Crippen molar-refractivity contribution in [3.8, 4) is 0 Å². The third-order valence-electron chi connectivity index (χ3n) is 3.85. The van der Waals surface area contributed by atoms with E-state index >= 15 is 0 Å². The highest BCUT2D eigenvalue weighted by Gasteiger charge is 2.25. The lowest BCUT2D eigenvalue weighted by molar-refractivity contribution is -0.131. The molecule has 1 aliphatic rings. The minimum atomic E-state index is 0. The van der Waals surface area contributed by atoms with Crippen LogP contribution in [0.15, 0.2) is 24.3 Å². The first kappa shape index (κ1) is 18.2. The van der Waals surface area contributed by atoms with Crippen LogP contribution in [0.1, 0.15) is 25.8 Å². The molecule has 1 aromatic carbocycles. The molecular formula is C16H25ClN2OS. The number of anilines is 1. The minimum Gasteiger partial charge on any atom is -0.399 e. The second kappa shape index (κ2) is 8.54. The van der Waals surface area contributed by atoms with Crippen LogP contribution in [0.5, 0.6) is 0 Å². The molecule has 118 valence electrons. The standard InChI is InChI=1S/C16H24N2OS.ClH/c1-12(2)15-11-18(9-10-20-15)16(19)8-7-13-5-3-4-6-14(13)17;/h3-6,12,15H,7-11,17H2,1-2H3;1H. The van der Waals surface area contributed by atoms with Gasteiger partial charge in [0.2, 0.25) is 5.91 Å². The molecular weight excluding hydrogens is 304 g/mol. The van der Waals surface area contributed by atoms with Gasteiger partial charge in [0.25, 0.3) is 0 Å². The highest BCUT2D eigenvalue weighted by Crippen LogP contribution is 2.25. The molecule has 5 heteroatoms. The fourth-order valence-corrected chi connectivity index (χ4v) is 3.77. The van der Waals surface area contributed by atoms with Gasteiger partial charge in [0.05, 0.1) is 0 Å². The number of carbonyl (C=O) groups excluding carboxylic acids is 1. The monoisotopic (exact) mass is 328 g/mol. The summed E-state index contributed by atoms with van der Waals surface area (Å²) in [5.74, 6) is 1.95. The summed E-state index contributed by atoms with van der Waals surface area (Å²) in [4.78, 5) is 14.4. The Morgan fingerprint density at radius 2 is 2.14 bits per heavy atom. The summed E-state index contributed by atoms with van der Waals surface area (Å²) in [5.41, 5.74) is 7.78. The summed E-state index contributed by atoms with van der Waals surface area (Å²) in [7, 11) is 0. The number of hydrogen-bond donors (Lipinski definition) is 1. The molecule has 0 bridgehead atoms. The van der Waals surface area contributed by atoms with Crippen LogP contribution in [0.25, 0.3) is 0 Å². The van der Waals surface area contributed by atoms with Crippen LogP contribution in [0, 0.1) is 5.92 Å². The van der Waals surface area contributed by atoms with Crippen molar-refractivity contribution in [2.24, 2.45) is 5.92 Å². The van der Waals surface area contributed by atoms with Gasteiger partial charge in [-0.05, 0) is 24.0 Å². The van der Waals surface area contributed by atoms with E-state index in [0.29, 0.717) is 17.6 Å². The van der Waals surface area contributed by atoms with E-state index in [4.69, 9.17) is 5.73 Å². The lowest BCUT2D eigenvalue weighted by Gasteiger charge is -2.34. The number of aryl methyl sites for hydroxylation is 1. The van der Waals surface area contributed by atoms with Gasteiger partial charge in [-0.1, -0.05) is 32.0 Å². The highest BCUT2D eigenvalue weighted by atomic mass is 35.5. The first-order valence-corrected chi connectivity index (χ1v) is 8.35. The molecule has 1 aliphatic heterocycles. The normalized spacial score (nSPS) is 18.4. The van der Waals surface area contributed by atoms with E-state index in [-0.39, 0.29) is 18.3 Å². The first-order chi connectivity index (χ1) is 9.58. The fourth-order valence-electron chi connectivity index (χ4n) is 2.47. The number of rotatable bonds is 4. The number of thioether (sulfide) groups is 1. The zero-order valence-corrected chi connectivity index (χ0v) is 14.4. The van der Waals surface area contributed by atoms with Gasteiger partial charge < -0.3 is 10.6 Å². The van der Waals surface area contributed by atoms with Crippen LogP contribution in [0.2, 0.25) is 0 Å². The molecule has 21 heavy (non-hydrogen) atoms. The molecule has 1 saturated heterocycles. The molecule has 0 radical (unpaired) electrons. The van der Waals surface area contributed by atoms with Crippen molar-refractivity contribution in [2.45, 2.75) is 31.9 Å². The fraction of sp³-hybridized carbons (Fsp3) is 0.562. The molecule has 0 spiro atoms. The van der Waals surface area contributed by atoms with Gasteiger partial charge in [-0.25, -0.2) is 0 Å². The summed E-state index contributed by atoms with van der Waals surface area (Å²) in [6.07, 6.45) is 1.30. The number of nitrogens with zero attached hydrogens (tertiary/aromatic N) is 1. The molecule has 2 N–H and O–H groups in total. The Labute approximate surface area is 138 Å². The Balaban J connectivity index is 0.00000220. The molecule has 1 unspecified atom stereocenters. The Morgan fingerprint density at radius 3 is 2.81 bits per heavy atom. The molecule has 1 amide bonds. The molecule has 1 atom stereocenters. The van der Waals surface area contributed by atoms with Crippen LogP contribution >= 0.6 is 24.2 Å². The van der Waals surface area contributed by atoms with E-state index in [1.54, 1.807) is 0 Å². The summed E-state index contributed by atoms with van der Waals surface area (Å²) >= 11 is 2.00. The summed E-state index contributed by atoms with van der Waals surface area (Å²) in [6.45, 7) is 6.25. The second-order valence-electron chi connectivity index (χ2n) is 5.69. The minimum absolute atomic E-state index is 0. The van der Waals surface area contributed by atoms with Crippen molar-refractivity contribution in [1.29, 1.82) is 0 Å². The average Bonchev–Trinajstić information content (AvgIpc) is 2.46. The Morgan fingerprint density at radius 1 is 1.43 bits per heavy atom. The number of carbonyl (C=O) groups is 1. The summed E-state index contributed by atoms with van der Waals surface area (Å²) in [6, 6.07) is 7.80. The Hall–Kier alpha value is -0.870. The van der Waals surface area contributed by atoms with Crippen molar-refractivity contribution < 1.29 is 4.79 Å². The summed E-state index contributed by atoms with van der Waals surface area (Å²) < 4.78 is 0. The number of halogens is 1. The highest BCUT2D eigenvalue weighted by molar-refractivity contribution is 8.00. The van der Waals surface area contributed by atoms with E-state index in [1.807, 2.05) is 40.9 Å². The maximum absolute atomic E-state index is 12.3. The topological polar surface area (TPSA) is 46.3 Å². The van der Waals surface area contributed by atoms with Crippen LogP contribution in [0.4, 0.5) is 5.69 Å². The Kier molecular flexibility index (Phi) is 7.40. The first-order valence-electron chi connectivity index (χ1n) is 7.30. The molecule has 0 aromatic heterocycles. The number of para-hydroxylation sites is 1. The number of nitrogens with two attached hydrogens (primary N) is 1. The second-order valence-corrected chi connectivity index (χ2v) is 7.04. The van der Waals surface area contributed by atoms with Crippen molar-refractivity contribution >= 4 is 35.8 Å². The molecule has 3 nitrogen and oxygen atoms in total. The van der Waals surface area contributed by atoms with Gasteiger partial charge in [-0.3, -0.25) is 4.79 Å². The zero-order valence-electron chi connectivity index (χ0n) is 12.7. The lowest BCUT2D eigenvalue weighted by Crippen LogP contribution is -2.43. The van der Waals surface area contributed by atoms with Crippen molar-refractivity contribution in [1.82, 2.24) is 4.90 Å². The van der Waals surface area contributed by atoms with E-state index in [9.17, 15) is 4.79 Å². The van der Waals surface area contributed by atoms with Crippen LogP contribution < -0.4 is 5.73 Å². The summed E-state index contributed by atoms with van der Waals surface area (Å²) in [5, 5.41) is 0.578. The van der Waals surface area contributed by atoms with Crippen molar-refractivity contribution in [3.63, 3.8) is 0 Å². The van der Waals surface area contributed by atoms with Crippen molar-refractivity contribution in [3.05, 3.63) is 29.8 Å². The molecule has 1 fully saturated rings. The quantitative estimate of drug-likeness (QED) is 0.863. The van der Waals surface area contributed by atoms with Crippen LogP contribution in [-0.2, 0) is 11.2 Å². The Bertz CT molecular complexity index is 467. The van der Waals surface area contributed by atoms with Gasteiger partial charge in [0, 0.05) is 36.2 Å². The lowest BCUT2D eigenvalue weighted by atomic mass is 10.1. The number of benzene rings is 1. The van der Waals surface area contributed by atoms with E-state index in [1.165, 1.54) is 0 Å². The average molecular weight is 329 g/mol. The molecule has 0 saturated carbocycles. The SMILES string of the molecule is CC(C)C1CN(C(=O)CCc2ccccc2N)CCS1.Cl. The molecule has 1 aromatic rings. The number of hydrogen-bond acceptors (Lipinski definition) is 3. The van der Waals surface area contributed by atoms with Gasteiger partial charge in [-0.15, -0.1) is 12.4 Å². The van der Waals surface area contributed by atoms with E-state index < -0.39 is 0 Å². The smallest absolute Gasteiger partial charge is 0.222 e. The van der Waals surface area contributed by atoms with Gasteiger partial charge in [-0.2, -0.15) is 11.8 Å². The number of amides is 1. The maximum atomic E-state index is 12.3. The molecule has 2 rings (SSSR count). The van der Waals surface area contributed by atoms with Gasteiger partial charge in [0.1, 0.15) is 0 Å². The zero-order chi connectivity index (χ0) is 14.5. The largest absolute Gasteiger partial charge is 0.399 e. The molecule has 1 heterocycles. The maximum Gasteiger partial charge on any atom is 0.222 e. The van der Waals surface area contributed by atoms with Crippen molar-refractivity contribution in [2.75, 3.05) is 24.6 Å². The third-order valence-corrected chi connectivity index (χ3v) is 5.39. The van der Waals surface area contributed by atoms with Gasteiger partial charge in [0.15, 0.2) is 0 Å². The van der Waals surface area contributed by atoms with Crippen LogP contribution in [-0.4, -0.2) is 34.9 Å². The third kappa shape index (κ3) is 5.11. The predicted molar refractivity (Wildman–Crippen MR) is 94.1 cm³/mol. The van der Waals surface area contributed by atoms with Crippen LogP contribution in [0.3, 0.4) is 0 Å². The van der Waals surface area contributed by atoms with Gasteiger partial charge >= 0.3 is 0 Å².